The molecule has 1 heterocycles. The van der Waals surface area contributed by atoms with E-state index in [9.17, 15) is 9.59 Å². The third kappa shape index (κ3) is 4.96. The molecule has 2 N–H and O–H groups in total. The molecule has 2 amide bonds. The average molecular weight is 254 g/mol. The molecular formula is C11H18N4O3. The van der Waals surface area contributed by atoms with Crippen LogP contribution in [0.15, 0.2) is 10.6 Å². The Morgan fingerprint density at radius 2 is 2.06 bits per heavy atom. The van der Waals surface area contributed by atoms with Gasteiger partial charge in [-0.15, -0.1) is 0 Å². The number of anilines is 1. The van der Waals surface area contributed by atoms with Gasteiger partial charge < -0.3 is 15.2 Å². The fourth-order valence-corrected chi connectivity index (χ4v) is 1.41. The summed E-state index contributed by atoms with van der Waals surface area (Å²) in [6.07, 6.45) is 0. The van der Waals surface area contributed by atoms with Gasteiger partial charge in [-0.3, -0.25) is 14.5 Å². The van der Waals surface area contributed by atoms with E-state index in [1.165, 1.54) is 0 Å². The van der Waals surface area contributed by atoms with Crippen LogP contribution in [-0.2, 0) is 9.59 Å². The molecule has 0 radical (unpaired) electrons. The van der Waals surface area contributed by atoms with Crippen molar-refractivity contribution in [3.8, 4) is 0 Å². The minimum absolute atomic E-state index is 0.106. The Balaban J connectivity index is 2.33. The van der Waals surface area contributed by atoms with Crippen LogP contribution in [0.25, 0.3) is 0 Å². The van der Waals surface area contributed by atoms with Gasteiger partial charge >= 0.3 is 0 Å². The topological polar surface area (TPSA) is 87.5 Å². The van der Waals surface area contributed by atoms with E-state index in [-0.39, 0.29) is 24.9 Å². The smallest absolute Gasteiger partial charge is 0.239 e. The highest BCUT2D eigenvalue weighted by atomic mass is 16.5. The standard InChI is InChI=1S/C11H18N4O3/c1-4-12-10(16)6-15(3)7-11(17)13-9-5-8(2)18-14-9/h5H,4,6-7H2,1-3H3,(H,12,16)(H,13,14,17). The lowest BCUT2D eigenvalue weighted by Crippen LogP contribution is -2.38. The summed E-state index contributed by atoms with van der Waals surface area (Å²) in [5, 5.41) is 8.89. The first-order valence-corrected chi connectivity index (χ1v) is 5.69. The van der Waals surface area contributed by atoms with E-state index in [0.717, 1.165) is 0 Å². The van der Waals surface area contributed by atoms with Crippen molar-refractivity contribution in [3.63, 3.8) is 0 Å². The second-order valence-corrected chi connectivity index (χ2v) is 4.00. The summed E-state index contributed by atoms with van der Waals surface area (Å²) in [7, 11) is 1.70. The summed E-state index contributed by atoms with van der Waals surface area (Å²) in [6, 6.07) is 1.63. The molecule has 0 aliphatic carbocycles. The Kier molecular flexibility index (Phi) is 5.31. The molecule has 7 heteroatoms. The van der Waals surface area contributed by atoms with Crippen molar-refractivity contribution in [1.29, 1.82) is 0 Å². The van der Waals surface area contributed by atoms with Gasteiger partial charge in [0.2, 0.25) is 11.8 Å². The maximum atomic E-state index is 11.6. The van der Waals surface area contributed by atoms with Crippen LogP contribution in [0, 0.1) is 6.92 Å². The summed E-state index contributed by atoms with van der Waals surface area (Å²) in [4.78, 5) is 24.5. The molecule has 0 unspecified atom stereocenters. The van der Waals surface area contributed by atoms with E-state index in [4.69, 9.17) is 4.52 Å². The molecule has 0 spiro atoms. The van der Waals surface area contributed by atoms with Crippen LogP contribution >= 0.6 is 0 Å². The summed E-state index contributed by atoms with van der Waals surface area (Å²) >= 11 is 0. The van der Waals surface area contributed by atoms with Crippen LogP contribution in [0.1, 0.15) is 12.7 Å². The maximum absolute atomic E-state index is 11.6. The van der Waals surface area contributed by atoms with Crippen LogP contribution in [0.2, 0.25) is 0 Å². The van der Waals surface area contributed by atoms with E-state index in [0.29, 0.717) is 18.1 Å². The normalized spacial score (nSPS) is 10.4. The van der Waals surface area contributed by atoms with Crippen molar-refractivity contribution in [1.82, 2.24) is 15.4 Å². The molecule has 18 heavy (non-hydrogen) atoms. The zero-order valence-electron chi connectivity index (χ0n) is 10.8. The molecule has 1 aromatic rings. The lowest BCUT2D eigenvalue weighted by Gasteiger charge is -2.14. The number of hydrogen-bond acceptors (Lipinski definition) is 5. The molecule has 1 aromatic heterocycles. The Labute approximate surface area is 105 Å². The van der Waals surface area contributed by atoms with Gasteiger partial charge in [0.25, 0.3) is 0 Å². The first-order valence-electron chi connectivity index (χ1n) is 5.69. The van der Waals surface area contributed by atoms with Gasteiger partial charge in [-0.25, -0.2) is 0 Å². The van der Waals surface area contributed by atoms with Crippen LogP contribution in [-0.4, -0.2) is 48.6 Å². The molecular weight excluding hydrogens is 236 g/mol. The fraction of sp³-hybridized carbons (Fsp3) is 0.545. The number of nitrogens with one attached hydrogen (secondary N) is 2. The largest absolute Gasteiger partial charge is 0.360 e. The third-order valence-corrected chi connectivity index (χ3v) is 2.10. The molecule has 0 atom stereocenters. The fourth-order valence-electron chi connectivity index (χ4n) is 1.41. The van der Waals surface area contributed by atoms with Crippen LogP contribution in [0.5, 0.6) is 0 Å². The molecule has 0 saturated carbocycles. The minimum Gasteiger partial charge on any atom is -0.360 e. The highest BCUT2D eigenvalue weighted by Crippen LogP contribution is 2.06. The predicted molar refractivity (Wildman–Crippen MR) is 66.1 cm³/mol. The lowest BCUT2D eigenvalue weighted by atomic mass is 10.4. The average Bonchev–Trinajstić information content (AvgIpc) is 2.63. The van der Waals surface area contributed by atoms with Gasteiger partial charge in [0, 0.05) is 12.6 Å². The number of amides is 2. The van der Waals surface area contributed by atoms with E-state index in [2.05, 4.69) is 15.8 Å². The van der Waals surface area contributed by atoms with Gasteiger partial charge in [0.15, 0.2) is 5.82 Å². The van der Waals surface area contributed by atoms with Crippen molar-refractivity contribution in [2.24, 2.45) is 0 Å². The molecule has 0 bridgehead atoms. The van der Waals surface area contributed by atoms with Crippen molar-refractivity contribution in [2.75, 3.05) is 32.0 Å². The Bertz CT molecular complexity index is 416. The molecule has 7 nitrogen and oxygen atoms in total. The molecule has 0 saturated heterocycles. The molecule has 0 aromatic carbocycles. The number of hydrogen-bond donors (Lipinski definition) is 2. The number of carbonyl (C=O) groups is 2. The van der Waals surface area contributed by atoms with E-state index >= 15 is 0 Å². The highest BCUT2D eigenvalue weighted by Gasteiger charge is 2.11. The minimum atomic E-state index is -0.241. The zero-order valence-corrected chi connectivity index (χ0v) is 10.8. The first-order chi connectivity index (χ1) is 8.51. The van der Waals surface area contributed by atoms with Crippen LogP contribution in [0.3, 0.4) is 0 Å². The SMILES string of the molecule is CCNC(=O)CN(C)CC(=O)Nc1cc(C)on1. The zero-order chi connectivity index (χ0) is 13.5. The predicted octanol–water partition coefficient (Wildman–Crippen LogP) is -0.0106. The summed E-state index contributed by atoms with van der Waals surface area (Å²) in [5.41, 5.74) is 0. The van der Waals surface area contributed by atoms with Gasteiger partial charge in [0.1, 0.15) is 5.76 Å². The van der Waals surface area contributed by atoms with Crippen LogP contribution < -0.4 is 10.6 Å². The van der Waals surface area contributed by atoms with Gasteiger partial charge in [-0.05, 0) is 20.9 Å². The Morgan fingerprint density at radius 3 is 2.61 bits per heavy atom. The molecule has 100 valence electrons. The lowest BCUT2D eigenvalue weighted by molar-refractivity contribution is -0.122. The third-order valence-electron chi connectivity index (χ3n) is 2.10. The van der Waals surface area contributed by atoms with Crippen LogP contribution in [0.4, 0.5) is 5.82 Å². The molecule has 0 fully saturated rings. The monoisotopic (exact) mass is 254 g/mol. The number of aryl methyl sites for hydroxylation is 1. The van der Waals surface area contributed by atoms with Gasteiger partial charge in [-0.2, -0.15) is 0 Å². The number of carbonyl (C=O) groups excluding carboxylic acids is 2. The van der Waals surface area contributed by atoms with Crippen molar-refractivity contribution in [3.05, 3.63) is 11.8 Å². The molecule has 0 aliphatic rings. The summed E-state index contributed by atoms with van der Waals surface area (Å²) < 4.78 is 4.82. The number of likely N-dealkylation sites (N-methyl/N-ethyl adjacent to an activating group) is 2. The Morgan fingerprint density at radius 1 is 1.39 bits per heavy atom. The van der Waals surface area contributed by atoms with E-state index in [1.54, 1.807) is 24.9 Å². The number of aromatic nitrogens is 1. The van der Waals surface area contributed by atoms with Gasteiger partial charge in [-0.1, -0.05) is 5.16 Å². The first kappa shape index (κ1) is 14.2. The summed E-state index contributed by atoms with van der Waals surface area (Å²) in [5.74, 6) is 0.657. The maximum Gasteiger partial charge on any atom is 0.239 e. The van der Waals surface area contributed by atoms with E-state index < -0.39 is 0 Å². The van der Waals surface area contributed by atoms with Crippen molar-refractivity contribution < 1.29 is 14.1 Å². The van der Waals surface area contributed by atoms with Gasteiger partial charge in [0.05, 0.1) is 13.1 Å². The number of rotatable bonds is 6. The molecule has 1 rings (SSSR count). The number of nitrogens with zero attached hydrogens (tertiary/aromatic N) is 2. The highest BCUT2D eigenvalue weighted by molar-refractivity contribution is 5.91. The summed E-state index contributed by atoms with van der Waals surface area (Å²) in [6.45, 7) is 4.46. The quantitative estimate of drug-likeness (QED) is 0.745. The van der Waals surface area contributed by atoms with E-state index in [1.807, 2.05) is 6.92 Å². The molecule has 0 aliphatic heterocycles. The second kappa shape index (κ2) is 6.75. The van der Waals surface area contributed by atoms with Crippen molar-refractivity contribution >= 4 is 17.6 Å². The Hall–Kier alpha value is -1.89. The van der Waals surface area contributed by atoms with Crippen molar-refractivity contribution in [2.45, 2.75) is 13.8 Å². The second-order valence-electron chi connectivity index (χ2n) is 4.00.